The fourth-order valence-electron chi connectivity index (χ4n) is 3.54. The Labute approximate surface area is 120 Å². The van der Waals surface area contributed by atoms with Gasteiger partial charge in [-0.05, 0) is 57.8 Å². The van der Waals surface area contributed by atoms with Gasteiger partial charge in [0.1, 0.15) is 0 Å². The van der Waals surface area contributed by atoms with Gasteiger partial charge in [-0.2, -0.15) is 0 Å². The van der Waals surface area contributed by atoms with E-state index in [4.69, 9.17) is 9.31 Å². The van der Waals surface area contributed by atoms with Gasteiger partial charge in [0, 0.05) is 12.8 Å². The Morgan fingerprint density at radius 1 is 1.05 bits per heavy atom. The zero-order valence-corrected chi connectivity index (χ0v) is 12.8. The summed E-state index contributed by atoms with van der Waals surface area (Å²) >= 11 is 0. The van der Waals surface area contributed by atoms with Crippen LogP contribution >= 0.6 is 0 Å². The quantitative estimate of drug-likeness (QED) is 0.674. The predicted molar refractivity (Wildman–Crippen MR) is 74.6 cm³/mol. The van der Waals surface area contributed by atoms with Crippen molar-refractivity contribution in [3.8, 4) is 0 Å². The van der Waals surface area contributed by atoms with Crippen LogP contribution in [0, 0.1) is 5.41 Å². The maximum Gasteiger partial charge on any atom is 0.490 e. The Morgan fingerprint density at radius 2 is 1.60 bits per heavy atom. The van der Waals surface area contributed by atoms with Crippen LogP contribution in [0.2, 0.25) is 0 Å². The molecule has 0 radical (unpaired) electrons. The topological polar surface area (TPSA) is 18.5 Å². The first kappa shape index (κ1) is 14.5. The SMILES string of the molecule is CC1(C)OB(C2=CCC3(CC2)CC(F)(F)C3)OC1(C)C. The minimum Gasteiger partial charge on any atom is -0.400 e. The molecule has 0 N–H and O–H groups in total. The third kappa shape index (κ3) is 2.23. The average molecular weight is 284 g/mol. The van der Waals surface area contributed by atoms with Gasteiger partial charge in [0.2, 0.25) is 5.92 Å². The lowest BCUT2D eigenvalue weighted by atomic mass is 9.56. The molecule has 0 aromatic carbocycles. The van der Waals surface area contributed by atoms with Gasteiger partial charge < -0.3 is 9.31 Å². The summed E-state index contributed by atoms with van der Waals surface area (Å²) in [5, 5.41) is 0. The van der Waals surface area contributed by atoms with E-state index in [2.05, 4.69) is 6.08 Å². The molecule has 5 heteroatoms. The highest BCUT2D eigenvalue weighted by atomic mass is 19.3. The van der Waals surface area contributed by atoms with Crippen LogP contribution in [0.4, 0.5) is 8.78 Å². The second-order valence-corrected chi connectivity index (χ2v) is 7.78. The first-order chi connectivity index (χ1) is 9.04. The predicted octanol–water partition coefficient (Wildman–Crippen LogP) is 4.14. The largest absolute Gasteiger partial charge is 0.490 e. The molecule has 3 aliphatic rings. The minimum absolute atomic E-state index is 0.0488. The maximum atomic E-state index is 13.1. The number of alkyl halides is 2. The molecule has 112 valence electrons. The number of halogens is 2. The van der Waals surface area contributed by atoms with Crippen molar-refractivity contribution < 1.29 is 18.1 Å². The summed E-state index contributed by atoms with van der Waals surface area (Å²) in [6, 6.07) is 0. The molecular weight excluding hydrogens is 261 g/mol. The molecule has 0 unspecified atom stereocenters. The molecule has 2 nitrogen and oxygen atoms in total. The third-order valence-corrected chi connectivity index (χ3v) is 5.56. The second kappa shape index (κ2) is 4.07. The Morgan fingerprint density at radius 3 is 2.00 bits per heavy atom. The standard InChI is InChI=1S/C15H23BF2O2/c1-12(2)13(3,4)20-16(19-12)11-5-7-14(8-6-11)9-15(17,18)10-14/h5H,6-10H2,1-4H3. The summed E-state index contributed by atoms with van der Waals surface area (Å²) in [6.07, 6.45) is 4.56. The molecule has 0 bridgehead atoms. The van der Waals surface area contributed by atoms with Crippen molar-refractivity contribution in [2.24, 2.45) is 5.41 Å². The molecule has 1 saturated carbocycles. The van der Waals surface area contributed by atoms with Crippen LogP contribution in [0.15, 0.2) is 11.5 Å². The van der Waals surface area contributed by atoms with Crippen molar-refractivity contribution in [1.82, 2.24) is 0 Å². The lowest BCUT2D eigenvalue weighted by Gasteiger charge is -2.49. The number of allylic oxidation sites excluding steroid dienone is 2. The van der Waals surface area contributed by atoms with Crippen molar-refractivity contribution in [1.29, 1.82) is 0 Å². The molecule has 1 aliphatic heterocycles. The number of rotatable bonds is 1. The summed E-state index contributed by atoms with van der Waals surface area (Å²) in [6.45, 7) is 8.13. The van der Waals surface area contributed by atoms with Gasteiger partial charge in [-0.1, -0.05) is 6.08 Å². The lowest BCUT2D eigenvalue weighted by molar-refractivity contribution is -0.163. The van der Waals surface area contributed by atoms with Gasteiger partial charge in [-0.25, -0.2) is 8.78 Å². The van der Waals surface area contributed by atoms with E-state index in [1.807, 2.05) is 27.7 Å². The van der Waals surface area contributed by atoms with Crippen molar-refractivity contribution in [2.75, 3.05) is 0 Å². The minimum atomic E-state index is -2.43. The highest BCUT2D eigenvalue weighted by Gasteiger charge is 2.58. The van der Waals surface area contributed by atoms with Gasteiger partial charge >= 0.3 is 7.12 Å². The van der Waals surface area contributed by atoms with E-state index in [1.54, 1.807) is 0 Å². The summed E-state index contributed by atoms with van der Waals surface area (Å²) in [4.78, 5) is 0. The Balaban J connectivity index is 1.67. The summed E-state index contributed by atoms with van der Waals surface area (Å²) < 4.78 is 38.2. The Hall–Kier alpha value is -0.415. The van der Waals surface area contributed by atoms with Crippen molar-refractivity contribution in [3.05, 3.63) is 11.5 Å². The van der Waals surface area contributed by atoms with Crippen molar-refractivity contribution in [3.63, 3.8) is 0 Å². The van der Waals surface area contributed by atoms with E-state index in [0.717, 1.165) is 24.7 Å². The molecule has 20 heavy (non-hydrogen) atoms. The zero-order valence-electron chi connectivity index (χ0n) is 12.8. The van der Waals surface area contributed by atoms with E-state index in [1.165, 1.54) is 0 Å². The van der Waals surface area contributed by atoms with E-state index >= 15 is 0 Å². The fourth-order valence-corrected chi connectivity index (χ4v) is 3.54. The van der Waals surface area contributed by atoms with E-state index in [-0.39, 0.29) is 36.6 Å². The molecule has 0 atom stereocenters. The summed E-state index contributed by atoms with van der Waals surface area (Å²) in [7, 11) is -0.307. The first-order valence-electron chi connectivity index (χ1n) is 7.47. The monoisotopic (exact) mass is 284 g/mol. The van der Waals surface area contributed by atoms with Crippen LogP contribution < -0.4 is 0 Å². The zero-order chi connectivity index (χ0) is 14.8. The maximum absolute atomic E-state index is 13.1. The fraction of sp³-hybridized carbons (Fsp3) is 0.867. The molecule has 0 aromatic heterocycles. The summed E-state index contributed by atoms with van der Waals surface area (Å²) in [5.41, 5.74) is 0.301. The van der Waals surface area contributed by atoms with Gasteiger partial charge in [0.15, 0.2) is 0 Å². The van der Waals surface area contributed by atoms with Crippen LogP contribution in [0.1, 0.15) is 59.8 Å². The number of hydrogen-bond acceptors (Lipinski definition) is 2. The average Bonchev–Trinajstić information content (AvgIpc) is 2.46. The third-order valence-electron chi connectivity index (χ3n) is 5.56. The van der Waals surface area contributed by atoms with E-state index < -0.39 is 5.92 Å². The van der Waals surface area contributed by atoms with E-state index in [0.29, 0.717) is 0 Å². The van der Waals surface area contributed by atoms with Crippen LogP contribution in [0.3, 0.4) is 0 Å². The molecule has 1 spiro atoms. The smallest absolute Gasteiger partial charge is 0.400 e. The van der Waals surface area contributed by atoms with Crippen molar-refractivity contribution >= 4 is 7.12 Å². The first-order valence-corrected chi connectivity index (χ1v) is 7.47. The van der Waals surface area contributed by atoms with Gasteiger partial charge in [0.25, 0.3) is 0 Å². The van der Waals surface area contributed by atoms with Gasteiger partial charge in [0.05, 0.1) is 11.2 Å². The molecule has 1 heterocycles. The molecule has 0 amide bonds. The molecule has 3 rings (SSSR count). The van der Waals surface area contributed by atoms with Crippen LogP contribution in [-0.2, 0) is 9.31 Å². The summed E-state index contributed by atoms with van der Waals surface area (Å²) in [5.74, 6) is -2.43. The van der Waals surface area contributed by atoms with Crippen molar-refractivity contribution in [2.45, 2.75) is 76.9 Å². The second-order valence-electron chi connectivity index (χ2n) is 7.78. The van der Waals surface area contributed by atoms with Crippen LogP contribution in [0.5, 0.6) is 0 Å². The highest BCUT2D eigenvalue weighted by molar-refractivity contribution is 6.54. The van der Waals surface area contributed by atoms with Crippen LogP contribution in [0.25, 0.3) is 0 Å². The van der Waals surface area contributed by atoms with Crippen LogP contribution in [-0.4, -0.2) is 24.2 Å². The Kier molecular flexibility index (Phi) is 2.95. The normalized spacial score (nSPS) is 32.9. The highest BCUT2D eigenvalue weighted by Crippen LogP contribution is 2.59. The molecule has 1 saturated heterocycles. The molecule has 0 aromatic rings. The number of hydrogen-bond donors (Lipinski definition) is 0. The molecule has 2 aliphatic carbocycles. The molecular formula is C15H23BF2O2. The van der Waals surface area contributed by atoms with E-state index in [9.17, 15) is 8.78 Å². The van der Waals surface area contributed by atoms with Gasteiger partial charge in [-0.3, -0.25) is 0 Å². The van der Waals surface area contributed by atoms with Gasteiger partial charge in [-0.15, -0.1) is 0 Å². The lowest BCUT2D eigenvalue weighted by Crippen LogP contribution is -2.47. The molecule has 2 fully saturated rings. The Bertz CT molecular complexity index is 433.